The minimum atomic E-state index is -3.97. The Morgan fingerprint density at radius 2 is 1.75 bits per heavy atom. The Hall–Kier alpha value is -1.26. The molecule has 1 aliphatic heterocycles. The van der Waals surface area contributed by atoms with E-state index >= 15 is 0 Å². The third-order valence-corrected chi connectivity index (χ3v) is 8.96. The normalized spacial score (nSPS) is 18.4. The number of thiophene rings is 1. The molecule has 3 rings (SSSR count). The lowest BCUT2D eigenvalue weighted by atomic mass is 10.4. The van der Waals surface area contributed by atoms with Crippen LogP contribution in [0.2, 0.25) is 0 Å². The van der Waals surface area contributed by atoms with Crippen molar-refractivity contribution in [3.05, 3.63) is 41.3 Å². The lowest BCUT2D eigenvalue weighted by molar-refractivity contribution is 0.477. The van der Waals surface area contributed by atoms with Crippen molar-refractivity contribution in [3.63, 3.8) is 0 Å². The Labute approximate surface area is 148 Å². The van der Waals surface area contributed by atoms with Crippen LogP contribution in [0.1, 0.15) is 20.5 Å². The van der Waals surface area contributed by atoms with Gasteiger partial charge in [-0.3, -0.25) is 0 Å². The van der Waals surface area contributed by atoms with Crippen LogP contribution in [0.4, 0.5) is 0 Å². The fourth-order valence-corrected chi connectivity index (χ4v) is 6.74. The summed E-state index contributed by atoms with van der Waals surface area (Å²) < 4.78 is 67.2. The fraction of sp³-hybridized carbons (Fsp3) is 0.333. The summed E-state index contributed by atoms with van der Waals surface area (Å²) >= 11 is 0.732. The van der Waals surface area contributed by atoms with E-state index in [0.717, 1.165) is 30.2 Å². The number of sulfonamides is 1. The Morgan fingerprint density at radius 1 is 1.08 bits per heavy atom. The molecule has 1 aliphatic rings. The predicted molar refractivity (Wildman–Crippen MR) is 92.1 cm³/mol. The Kier molecular flexibility index (Phi) is 4.11. The molecule has 6 nitrogen and oxygen atoms in total. The van der Waals surface area contributed by atoms with Crippen LogP contribution in [0.3, 0.4) is 0 Å². The van der Waals surface area contributed by atoms with E-state index in [9.17, 15) is 16.8 Å². The first kappa shape index (κ1) is 15.0. The first-order valence-corrected chi connectivity index (χ1v) is 11.0. The van der Waals surface area contributed by atoms with Crippen molar-refractivity contribution in [3.8, 4) is 0 Å². The molecule has 9 heteroatoms. The molecule has 24 heavy (non-hydrogen) atoms. The van der Waals surface area contributed by atoms with Crippen molar-refractivity contribution in [2.75, 3.05) is 13.1 Å². The van der Waals surface area contributed by atoms with Gasteiger partial charge in [-0.1, -0.05) is 6.07 Å². The first-order chi connectivity index (χ1) is 12.0. The maximum Gasteiger partial charge on any atom is 0.243 e. The van der Waals surface area contributed by atoms with Crippen LogP contribution in [-0.2, 0) is 26.4 Å². The van der Waals surface area contributed by atoms with Crippen molar-refractivity contribution >= 4 is 31.2 Å². The van der Waals surface area contributed by atoms with E-state index in [4.69, 9.17) is 8.48 Å². The molecule has 1 aromatic carbocycles. The van der Waals surface area contributed by atoms with Crippen LogP contribution < -0.4 is 5.73 Å². The second-order valence-corrected chi connectivity index (χ2v) is 10.6. The van der Waals surface area contributed by atoms with E-state index in [1.54, 1.807) is 0 Å². The molecule has 2 aromatic rings. The van der Waals surface area contributed by atoms with E-state index in [1.165, 1.54) is 34.6 Å². The summed E-state index contributed by atoms with van der Waals surface area (Å²) in [6.45, 7) is -1.28. The molecular weight excluding hydrogens is 368 g/mol. The van der Waals surface area contributed by atoms with E-state index in [1.807, 2.05) is 0 Å². The standard InChI is InChI=1S/C15H18N2O4S3/c16-11-12-6-7-15(22-12)23(18,19)13-4-3-5-14(10-13)24(20,21)17-8-1-2-9-17/h3-7,10H,1-2,8-9,11,16H2/i11D2. The number of rotatable bonds is 5. The molecule has 2 N–H and O–H groups in total. The molecule has 0 bridgehead atoms. The Morgan fingerprint density at radius 3 is 2.38 bits per heavy atom. The summed E-state index contributed by atoms with van der Waals surface area (Å²) in [5.41, 5.74) is 5.37. The van der Waals surface area contributed by atoms with Gasteiger partial charge in [-0.15, -0.1) is 11.3 Å². The zero-order valence-corrected chi connectivity index (χ0v) is 15.1. The molecule has 1 saturated heterocycles. The molecule has 1 fully saturated rings. The molecule has 0 aliphatic carbocycles. The van der Waals surface area contributed by atoms with Crippen LogP contribution in [-0.4, -0.2) is 34.2 Å². The number of hydrogen-bond acceptors (Lipinski definition) is 6. The van der Waals surface area contributed by atoms with Gasteiger partial charge in [0.05, 0.1) is 9.79 Å². The summed E-state index contributed by atoms with van der Waals surface area (Å²) in [4.78, 5) is -0.132. The predicted octanol–water partition coefficient (Wildman–Crippen LogP) is 1.82. The highest BCUT2D eigenvalue weighted by molar-refractivity contribution is 7.93. The zero-order chi connectivity index (χ0) is 19.2. The molecular formula is C15H18N2O4S3. The van der Waals surface area contributed by atoms with Gasteiger partial charge in [-0.05, 0) is 43.2 Å². The lowest BCUT2D eigenvalue weighted by Gasteiger charge is -2.16. The second kappa shape index (κ2) is 6.57. The van der Waals surface area contributed by atoms with E-state index in [-0.39, 0.29) is 18.9 Å². The summed E-state index contributed by atoms with van der Waals surface area (Å²) in [6, 6.07) is 7.86. The molecule has 0 unspecified atom stereocenters. The van der Waals surface area contributed by atoms with Crippen LogP contribution in [0.5, 0.6) is 0 Å². The van der Waals surface area contributed by atoms with Crippen LogP contribution in [0.25, 0.3) is 0 Å². The molecule has 0 saturated carbocycles. The number of nitrogens with zero attached hydrogens (tertiary/aromatic N) is 1. The zero-order valence-electron chi connectivity index (χ0n) is 14.7. The SMILES string of the molecule is [2H]C([2H])(N)c1ccc(S(=O)(=O)c2cccc(S(=O)(=O)N3CCCC3)c2)s1. The van der Waals surface area contributed by atoms with Gasteiger partial charge in [0.15, 0.2) is 0 Å². The maximum absolute atomic E-state index is 12.8. The second-order valence-electron chi connectivity index (χ2n) is 5.35. The van der Waals surface area contributed by atoms with Crippen molar-refractivity contribution in [1.29, 1.82) is 0 Å². The molecule has 0 radical (unpaired) electrons. The highest BCUT2D eigenvalue weighted by Crippen LogP contribution is 2.30. The summed E-state index contributed by atoms with van der Waals surface area (Å²) in [5, 5.41) is 0. The fourth-order valence-electron chi connectivity index (χ4n) is 2.54. The summed E-state index contributed by atoms with van der Waals surface area (Å²) in [5.74, 6) is 0. The van der Waals surface area contributed by atoms with Crippen LogP contribution >= 0.6 is 11.3 Å². The van der Waals surface area contributed by atoms with Crippen molar-refractivity contribution in [1.82, 2.24) is 4.31 Å². The minimum absolute atomic E-state index is 0.0635. The number of sulfone groups is 1. The molecule has 0 spiro atoms. The van der Waals surface area contributed by atoms with E-state index in [0.29, 0.717) is 13.1 Å². The smallest absolute Gasteiger partial charge is 0.243 e. The number of hydrogen-bond donors (Lipinski definition) is 1. The Balaban J connectivity index is 2.00. The molecule has 2 heterocycles. The topological polar surface area (TPSA) is 97.5 Å². The van der Waals surface area contributed by atoms with Crippen molar-refractivity contribution in [2.24, 2.45) is 5.73 Å². The van der Waals surface area contributed by atoms with E-state index < -0.39 is 26.4 Å². The summed E-state index contributed by atoms with van der Waals surface area (Å²) in [6.07, 6.45) is 1.58. The van der Waals surface area contributed by atoms with Gasteiger partial charge in [0.25, 0.3) is 0 Å². The average molecular weight is 389 g/mol. The third-order valence-electron chi connectivity index (χ3n) is 3.81. The third kappa shape index (κ3) is 3.14. The molecule has 1 aromatic heterocycles. The minimum Gasteiger partial charge on any atom is -0.326 e. The van der Waals surface area contributed by atoms with Crippen molar-refractivity contribution < 1.29 is 19.6 Å². The first-order valence-electron chi connectivity index (χ1n) is 8.27. The molecule has 130 valence electrons. The van der Waals surface area contributed by atoms with Gasteiger partial charge >= 0.3 is 0 Å². The molecule has 0 atom stereocenters. The van der Waals surface area contributed by atoms with Gasteiger partial charge in [-0.2, -0.15) is 4.31 Å². The quantitative estimate of drug-likeness (QED) is 0.843. The van der Waals surface area contributed by atoms with Gasteiger partial charge in [-0.25, -0.2) is 16.8 Å². The van der Waals surface area contributed by atoms with Gasteiger partial charge in [0.1, 0.15) is 4.21 Å². The summed E-state index contributed by atoms with van der Waals surface area (Å²) in [7, 11) is -7.70. The van der Waals surface area contributed by atoms with Crippen molar-refractivity contribution in [2.45, 2.75) is 33.3 Å². The molecule has 0 amide bonds. The van der Waals surface area contributed by atoms with E-state index in [2.05, 4.69) is 0 Å². The van der Waals surface area contributed by atoms with Gasteiger partial charge < -0.3 is 5.73 Å². The van der Waals surface area contributed by atoms with Crippen LogP contribution in [0, 0.1) is 0 Å². The largest absolute Gasteiger partial charge is 0.326 e. The average Bonchev–Trinajstić information content (AvgIpc) is 3.26. The Bertz CT molecular complexity index is 1020. The number of nitrogens with two attached hydrogens (primary N) is 1. The van der Waals surface area contributed by atoms with Gasteiger partial charge in [0.2, 0.25) is 19.9 Å². The number of benzene rings is 1. The van der Waals surface area contributed by atoms with Crippen LogP contribution in [0.15, 0.2) is 50.4 Å². The lowest BCUT2D eigenvalue weighted by Crippen LogP contribution is -2.27. The highest BCUT2D eigenvalue weighted by Gasteiger charge is 2.29. The van der Waals surface area contributed by atoms with Gasteiger partial charge in [0, 0.05) is 27.2 Å². The highest BCUT2D eigenvalue weighted by atomic mass is 32.2. The maximum atomic E-state index is 12.8. The monoisotopic (exact) mass is 388 g/mol.